The molecule has 0 aromatic heterocycles. The van der Waals surface area contributed by atoms with Gasteiger partial charge in [0.1, 0.15) is 0 Å². The van der Waals surface area contributed by atoms with Crippen molar-refractivity contribution in [3.8, 4) is 0 Å². The third-order valence-electron chi connectivity index (χ3n) is 10.3. The van der Waals surface area contributed by atoms with Crippen LogP contribution in [0.3, 0.4) is 0 Å². The highest BCUT2D eigenvalue weighted by atomic mass is 16.3. The molecule has 1 nitrogen and oxygen atoms in total. The normalized spacial score (nSPS) is 55.7. The van der Waals surface area contributed by atoms with E-state index in [-0.39, 0.29) is 17.9 Å². The first-order valence-electron chi connectivity index (χ1n) is 13.7. The molecule has 1 heteroatoms. The van der Waals surface area contributed by atoms with Gasteiger partial charge in [-0.3, -0.25) is 0 Å². The molecule has 1 N–H and O–H groups in total. The van der Waals surface area contributed by atoms with Gasteiger partial charge in [0.15, 0.2) is 0 Å². The number of aliphatic hydroxyl groups is 1. The summed E-state index contributed by atoms with van der Waals surface area (Å²) in [6.07, 6.45) is 12.0. The van der Waals surface area contributed by atoms with E-state index in [4.69, 9.17) is 1.37 Å². The van der Waals surface area contributed by atoms with E-state index in [1.54, 1.807) is 0 Å². The van der Waals surface area contributed by atoms with E-state index in [1.807, 2.05) is 0 Å². The minimum atomic E-state index is -0.748. The molecule has 0 aliphatic heterocycles. The lowest BCUT2D eigenvalue weighted by molar-refractivity contribution is -0.129. The highest BCUT2D eigenvalue weighted by molar-refractivity contribution is 5.09. The second kappa shape index (κ2) is 7.90. The number of rotatable bonds is 5. The Hall–Kier alpha value is -0.0400. The third-order valence-corrected chi connectivity index (χ3v) is 10.3. The van der Waals surface area contributed by atoms with Crippen LogP contribution in [-0.4, -0.2) is 11.2 Å². The first kappa shape index (κ1) is 18.7. The molecule has 0 saturated heterocycles. The lowest BCUT2D eigenvalue weighted by Gasteiger charge is -2.61. The average molecular weight is 393 g/mol. The predicted molar refractivity (Wildman–Crippen MR) is 119 cm³/mol. The number of fused-ring (bicyclic) bond motifs is 5. The minimum Gasteiger partial charge on any atom is -0.393 e. The van der Waals surface area contributed by atoms with Gasteiger partial charge in [0.05, 0.1) is 6.10 Å². The zero-order chi connectivity index (χ0) is 21.9. The topological polar surface area (TPSA) is 20.2 Å². The second-order valence-electron chi connectivity index (χ2n) is 12.2. The van der Waals surface area contributed by atoms with Crippen molar-refractivity contribution in [3.05, 3.63) is 0 Å². The summed E-state index contributed by atoms with van der Waals surface area (Å²) in [5.74, 6) is 3.73. The second-order valence-corrected chi connectivity index (χ2v) is 12.2. The van der Waals surface area contributed by atoms with Crippen LogP contribution in [0.5, 0.6) is 0 Å². The monoisotopic (exact) mass is 392 g/mol. The summed E-state index contributed by atoms with van der Waals surface area (Å²) in [6, 6.07) is 0. The van der Waals surface area contributed by atoms with E-state index in [1.165, 1.54) is 44.9 Å². The van der Waals surface area contributed by atoms with Gasteiger partial charge in [-0.2, -0.15) is 0 Å². The van der Waals surface area contributed by atoms with Crippen LogP contribution in [-0.2, 0) is 0 Å². The lowest BCUT2D eigenvalue weighted by atomic mass is 9.44. The van der Waals surface area contributed by atoms with Crippen molar-refractivity contribution in [3.63, 3.8) is 0 Å². The Kier molecular flexibility index (Phi) is 5.28. The van der Waals surface area contributed by atoms with E-state index in [0.29, 0.717) is 23.7 Å². The zero-order valence-electron chi connectivity index (χ0n) is 21.3. The summed E-state index contributed by atoms with van der Waals surface area (Å²) in [7, 11) is 0. The van der Waals surface area contributed by atoms with Crippen molar-refractivity contribution >= 4 is 0 Å². The van der Waals surface area contributed by atoms with Gasteiger partial charge in [0.25, 0.3) is 0 Å². The number of hydrogen-bond acceptors (Lipinski definition) is 1. The maximum Gasteiger partial charge on any atom is 0.0543 e. The van der Waals surface area contributed by atoms with Crippen molar-refractivity contribution < 1.29 is 7.85 Å². The molecule has 0 aromatic carbocycles. The molecule has 4 saturated carbocycles. The molecule has 0 radical (unpaired) electrons. The highest BCUT2D eigenvalue weighted by Crippen LogP contribution is 2.68. The molecule has 28 heavy (non-hydrogen) atoms. The summed E-state index contributed by atoms with van der Waals surface area (Å²) in [4.78, 5) is 0. The molecule has 0 aromatic rings. The molecule has 0 amide bonds. The summed E-state index contributed by atoms with van der Waals surface area (Å²) < 4.78 is 18.4. The van der Waals surface area contributed by atoms with Gasteiger partial charge in [0.2, 0.25) is 0 Å². The van der Waals surface area contributed by atoms with Crippen molar-refractivity contribution in [1.82, 2.24) is 0 Å². The van der Waals surface area contributed by atoms with Crippen LogP contribution >= 0.6 is 0 Å². The van der Waals surface area contributed by atoms with Gasteiger partial charge in [-0.05, 0) is 110 Å². The molecule has 162 valence electrons. The fraction of sp³-hybridized carbons (Fsp3) is 1.00. The fourth-order valence-electron chi connectivity index (χ4n) is 8.67. The van der Waals surface area contributed by atoms with Crippen molar-refractivity contribution in [1.29, 1.82) is 0 Å². The van der Waals surface area contributed by atoms with Crippen LogP contribution in [0, 0.1) is 52.2 Å². The fourth-order valence-corrected chi connectivity index (χ4v) is 8.67. The molecule has 0 spiro atoms. The van der Waals surface area contributed by atoms with E-state index in [0.717, 1.165) is 42.9 Å². The Balaban J connectivity index is 1.53. The van der Waals surface area contributed by atoms with E-state index >= 15 is 0 Å². The first-order valence-corrected chi connectivity index (χ1v) is 12.6. The van der Waals surface area contributed by atoms with Crippen LogP contribution in [0.1, 0.15) is 114 Å². The van der Waals surface area contributed by atoms with Gasteiger partial charge in [-0.1, -0.05) is 53.9 Å². The first-order chi connectivity index (χ1) is 14.0. The molecule has 4 aliphatic carbocycles. The quantitative estimate of drug-likeness (QED) is 0.514. The lowest BCUT2D eigenvalue weighted by Crippen LogP contribution is -2.54. The van der Waals surface area contributed by atoms with Crippen LogP contribution in [0.2, 0.25) is 0 Å². The SMILES string of the molecule is [3H]C1C[C@H]2[C@@H]3CC[C@H]([C@H](C)CCCC(C)C)[C@@]3(C)CC[C@@H]2[C@@]2(C)CC[C@H](O)CC12[3H]. The van der Waals surface area contributed by atoms with Gasteiger partial charge in [-0.25, -0.2) is 0 Å². The van der Waals surface area contributed by atoms with Crippen LogP contribution in [0.25, 0.3) is 0 Å². The molecule has 2 unspecified atom stereocenters. The summed E-state index contributed by atoms with van der Waals surface area (Å²) in [5.41, 5.74) is 0.370. The van der Waals surface area contributed by atoms with E-state index < -0.39 is 5.89 Å². The van der Waals surface area contributed by atoms with E-state index in [9.17, 15) is 6.48 Å². The average Bonchev–Trinajstić information content (AvgIpc) is 3.01. The molecular formula is C27H48O. The Morgan fingerprint density at radius 2 is 1.68 bits per heavy atom. The Bertz CT molecular complexity index is 622. The zero-order valence-corrected chi connectivity index (χ0v) is 19.3. The van der Waals surface area contributed by atoms with Crippen LogP contribution in [0.4, 0.5) is 0 Å². The van der Waals surface area contributed by atoms with Crippen molar-refractivity contribution in [2.24, 2.45) is 52.2 Å². The van der Waals surface area contributed by atoms with Crippen LogP contribution < -0.4 is 0 Å². The predicted octanol–water partition coefficient (Wildman–Crippen LogP) is 7.47. The molecule has 0 bridgehead atoms. The maximum atomic E-state index is 10.3. The highest BCUT2D eigenvalue weighted by Gasteiger charge is 2.60. The van der Waals surface area contributed by atoms with Crippen molar-refractivity contribution in [2.75, 3.05) is 0 Å². The summed E-state index contributed by atoms with van der Waals surface area (Å²) in [5, 5.41) is 10.3. The summed E-state index contributed by atoms with van der Waals surface area (Å²) in [6.45, 7) is 12.2. The van der Waals surface area contributed by atoms with Crippen LogP contribution in [0.15, 0.2) is 0 Å². The standard InChI is InChI=1S/C27H48O/c1-18(2)7-6-8-19(3)23-11-12-24-22-10-9-20-17-21(28)13-15-26(20,4)25(22)14-16-27(23,24)5/h18-25,28H,6-17H2,1-5H3/t19-,20?,21+,22+,23-,24+,25+,26+,27-/m1/s1/i9T,20T/t9?,19-,20?,21+,22+,23-,24+,25+,26+,27-. The molecule has 0 heterocycles. The Morgan fingerprint density at radius 3 is 2.43 bits per heavy atom. The number of hydrogen-bond donors (Lipinski definition) is 1. The van der Waals surface area contributed by atoms with Crippen molar-refractivity contribution in [2.45, 2.75) is 118 Å². The Morgan fingerprint density at radius 1 is 0.964 bits per heavy atom. The molecular weight excluding hydrogens is 340 g/mol. The van der Waals surface area contributed by atoms with Gasteiger partial charge >= 0.3 is 0 Å². The molecule has 4 fully saturated rings. The van der Waals surface area contributed by atoms with Gasteiger partial charge in [0, 0.05) is 2.74 Å². The smallest absolute Gasteiger partial charge is 0.0543 e. The number of aliphatic hydroxyl groups excluding tert-OH is 1. The maximum absolute atomic E-state index is 10.3. The molecule has 10 atom stereocenters. The van der Waals surface area contributed by atoms with Gasteiger partial charge < -0.3 is 5.11 Å². The molecule has 4 rings (SSSR count). The Labute approximate surface area is 178 Å². The minimum absolute atomic E-state index is 0.0795. The third kappa shape index (κ3) is 3.50. The largest absolute Gasteiger partial charge is 0.393 e. The molecule has 4 aliphatic rings. The van der Waals surface area contributed by atoms with E-state index in [2.05, 4.69) is 34.6 Å². The summed E-state index contributed by atoms with van der Waals surface area (Å²) >= 11 is 0. The van der Waals surface area contributed by atoms with Gasteiger partial charge in [-0.15, -0.1) is 0 Å².